The Hall–Kier alpha value is -0.970. The van der Waals surface area contributed by atoms with Crippen molar-refractivity contribution in [1.29, 1.82) is 0 Å². The smallest absolute Gasteiger partial charge is 0.179 e. The molecule has 1 unspecified atom stereocenters. The molecule has 0 heterocycles. The molecule has 1 rings (SSSR count). The predicted octanol–water partition coefficient (Wildman–Crippen LogP) is 3.24. The van der Waals surface area contributed by atoms with Crippen LogP contribution in [0.3, 0.4) is 0 Å². The standard InChI is InChI=1S/C16H26ClNO3/c1-11(2)9-18-10-13-7-14(17)16(15(8-13)20-4)21-6-5-12(3)19/h7-8,11-12,18-19H,5-6,9-10H2,1-4H3. The molecule has 5 heteroatoms. The lowest BCUT2D eigenvalue weighted by Gasteiger charge is -2.15. The highest BCUT2D eigenvalue weighted by Crippen LogP contribution is 2.36. The summed E-state index contributed by atoms with van der Waals surface area (Å²) in [4.78, 5) is 0. The zero-order valence-electron chi connectivity index (χ0n) is 13.3. The molecule has 4 nitrogen and oxygen atoms in total. The SMILES string of the molecule is COc1cc(CNCC(C)C)cc(Cl)c1OCCC(C)O. The molecule has 0 fully saturated rings. The van der Waals surface area contributed by atoms with E-state index in [9.17, 15) is 5.11 Å². The van der Waals surface area contributed by atoms with E-state index in [-0.39, 0.29) is 0 Å². The van der Waals surface area contributed by atoms with Crippen LogP contribution in [0.1, 0.15) is 32.8 Å². The second-order valence-corrected chi connectivity index (χ2v) is 6.03. The van der Waals surface area contributed by atoms with Crippen molar-refractivity contribution in [3.8, 4) is 11.5 Å². The summed E-state index contributed by atoms with van der Waals surface area (Å²) in [5.41, 5.74) is 1.06. The average Bonchev–Trinajstić information content (AvgIpc) is 2.39. The second kappa shape index (κ2) is 9.13. The molecule has 1 aromatic carbocycles. The van der Waals surface area contributed by atoms with Gasteiger partial charge in [0.05, 0.1) is 24.8 Å². The van der Waals surface area contributed by atoms with E-state index in [4.69, 9.17) is 21.1 Å². The molecule has 0 amide bonds. The Kier molecular flexibility index (Phi) is 7.86. The Morgan fingerprint density at radius 1 is 1.29 bits per heavy atom. The first-order chi connectivity index (χ1) is 9.93. The molecule has 0 aliphatic carbocycles. The number of aliphatic hydroxyl groups is 1. The minimum absolute atomic E-state index is 0.394. The molecule has 120 valence electrons. The zero-order valence-corrected chi connectivity index (χ0v) is 14.0. The van der Waals surface area contributed by atoms with E-state index >= 15 is 0 Å². The van der Waals surface area contributed by atoms with Crippen LogP contribution in [0.25, 0.3) is 0 Å². The van der Waals surface area contributed by atoms with E-state index in [0.717, 1.165) is 18.7 Å². The predicted molar refractivity (Wildman–Crippen MR) is 86.3 cm³/mol. The van der Waals surface area contributed by atoms with Gasteiger partial charge in [-0.1, -0.05) is 25.4 Å². The van der Waals surface area contributed by atoms with Crippen LogP contribution < -0.4 is 14.8 Å². The molecule has 0 saturated heterocycles. The van der Waals surface area contributed by atoms with Crippen molar-refractivity contribution in [2.24, 2.45) is 5.92 Å². The van der Waals surface area contributed by atoms with Gasteiger partial charge in [-0.3, -0.25) is 0 Å². The monoisotopic (exact) mass is 315 g/mol. The second-order valence-electron chi connectivity index (χ2n) is 5.62. The quantitative estimate of drug-likeness (QED) is 0.734. The number of hydrogen-bond donors (Lipinski definition) is 2. The Bertz CT molecular complexity index is 436. The Balaban J connectivity index is 2.72. The summed E-state index contributed by atoms with van der Waals surface area (Å²) in [5.74, 6) is 1.76. The lowest BCUT2D eigenvalue weighted by atomic mass is 10.1. The lowest BCUT2D eigenvalue weighted by Crippen LogP contribution is -2.19. The van der Waals surface area contributed by atoms with Crippen molar-refractivity contribution >= 4 is 11.6 Å². The third-order valence-electron chi connectivity index (χ3n) is 2.95. The number of halogens is 1. The van der Waals surface area contributed by atoms with Crippen LogP contribution in [-0.2, 0) is 6.54 Å². The van der Waals surface area contributed by atoms with Gasteiger partial charge in [0.1, 0.15) is 0 Å². The van der Waals surface area contributed by atoms with Gasteiger partial charge in [-0.05, 0) is 37.1 Å². The molecular weight excluding hydrogens is 290 g/mol. The largest absolute Gasteiger partial charge is 0.493 e. The molecule has 0 aliphatic rings. The van der Waals surface area contributed by atoms with Crippen molar-refractivity contribution in [1.82, 2.24) is 5.32 Å². The lowest BCUT2D eigenvalue weighted by molar-refractivity contribution is 0.154. The fourth-order valence-corrected chi connectivity index (χ4v) is 2.14. The maximum absolute atomic E-state index is 9.26. The van der Waals surface area contributed by atoms with E-state index in [1.807, 2.05) is 12.1 Å². The molecule has 0 aromatic heterocycles. The van der Waals surface area contributed by atoms with Gasteiger partial charge >= 0.3 is 0 Å². The van der Waals surface area contributed by atoms with Crippen molar-refractivity contribution in [2.45, 2.75) is 39.8 Å². The summed E-state index contributed by atoms with van der Waals surface area (Å²) < 4.78 is 11.0. The van der Waals surface area contributed by atoms with Crippen LogP contribution in [0.5, 0.6) is 11.5 Å². The first kappa shape index (κ1) is 18.1. The van der Waals surface area contributed by atoms with Crippen molar-refractivity contribution in [2.75, 3.05) is 20.3 Å². The topological polar surface area (TPSA) is 50.7 Å². The van der Waals surface area contributed by atoms with Crippen molar-refractivity contribution < 1.29 is 14.6 Å². The van der Waals surface area contributed by atoms with E-state index in [1.165, 1.54) is 0 Å². The average molecular weight is 316 g/mol. The summed E-state index contributed by atoms with van der Waals surface area (Å²) >= 11 is 6.27. The van der Waals surface area contributed by atoms with Gasteiger partial charge in [0.15, 0.2) is 11.5 Å². The number of benzene rings is 1. The van der Waals surface area contributed by atoms with Crippen LogP contribution >= 0.6 is 11.6 Å². The van der Waals surface area contributed by atoms with Crippen molar-refractivity contribution in [3.05, 3.63) is 22.7 Å². The van der Waals surface area contributed by atoms with Gasteiger partial charge in [-0.2, -0.15) is 0 Å². The molecule has 0 radical (unpaired) electrons. The number of ether oxygens (including phenoxy) is 2. The highest BCUT2D eigenvalue weighted by Gasteiger charge is 2.12. The van der Waals surface area contributed by atoms with Gasteiger partial charge in [-0.25, -0.2) is 0 Å². The number of hydrogen-bond acceptors (Lipinski definition) is 4. The number of methoxy groups -OCH3 is 1. The van der Waals surface area contributed by atoms with Gasteiger partial charge in [0.25, 0.3) is 0 Å². The molecule has 0 bridgehead atoms. The van der Waals surface area contributed by atoms with Gasteiger partial charge < -0.3 is 19.9 Å². The van der Waals surface area contributed by atoms with Crippen molar-refractivity contribution in [3.63, 3.8) is 0 Å². The molecule has 1 atom stereocenters. The number of rotatable bonds is 9. The third kappa shape index (κ3) is 6.55. The van der Waals surface area contributed by atoms with Gasteiger partial charge in [0, 0.05) is 13.0 Å². The minimum Gasteiger partial charge on any atom is -0.493 e. The summed E-state index contributed by atoms with van der Waals surface area (Å²) in [6.45, 7) is 8.15. The van der Waals surface area contributed by atoms with E-state index < -0.39 is 6.10 Å². The molecule has 21 heavy (non-hydrogen) atoms. The van der Waals surface area contributed by atoms with Gasteiger partial charge in [0.2, 0.25) is 0 Å². The highest BCUT2D eigenvalue weighted by atomic mass is 35.5. The summed E-state index contributed by atoms with van der Waals surface area (Å²) in [6.07, 6.45) is 0.159. The first-order valence-corrected chi connectivity index (χ1v) is 7.69. The Labute approximate surface area is 132 Å². The molecule has 1 aromatic rings. The number of aliphatic hydroxyl groups excluding tert-OH is 1. The van der Waals surface area contributed by atoms with Gasteiger partial charge in [-0.15, -0.1) is 0 Å². The maximum Gasteiger partial charge on any atom is 0.179 e. The van der Waals surface area contributed by atoms with Crippen LogP contribution in [-0.4, -0.2) is 31.5 Å². The molecule has 2 N–H and O–H groups in total. The molecule has 0 spiro atoms. The Morgan fingerprint density at radius 3 is 2.57 bits per heavy atom. The van der Waals surface area contributed by atoms with E-state index in [1.54, 1.807) is 14.0 Å². The fourth-order valence-electron chi connectivity index (χ4n) is 1.85. The normalized spacial score (nSPS) is 12.5. The minimum atomic E-state index is -0.394. The van der Waals surface area contributed by atoms with Crippen LogP contribution in [0, 0.1) is 5.92 Å². The maximum atomic E-state index is 9.26. The summed E-state index contributed by atoms with van der Waals surface area (Å²) in [5, 5.41) is 13.2. The van der Waals surface area contributed by atoms with Crippen LogP contribution in [0.2, 0.25) is 5.02 Å². The van der Waals surface area contributed by atoms with E-state index in [0.29, 0.717) is 35.5 Å². The fraction of sp³-hybridized carbons (Fsp3) is 0.625. The molecule has 0 saturated carbocycles. The third-order valence-corrected chi connectivity index (χ3v) is 3.23. The van der Waals surface area contributed by atoms with E-state index in [2.05, 4.69) is 19.2 Å². The number of nitrogens with one attached hydrogen (secondary N) is 1. The zero-order chi connectivity index (χ0) is 15.8. The summed E-state index contributed by atoms with van der Waals surface area (Å²) in [6, 6.07) is 3.81. The first-order valence-electron chi connectivity index (χ1n) is 7.32. The summed E-state index contributed by atoms with van der Waals surface area (Å²) in [7, 11) is 1.60. The molecule has 0 aliphatic heterocycles. The molecular formula is C16H26ClNO3. The van der Waals surface area contributed by atoms with Crippen LogP contribution in [0.4, 0.5) is 0 Å². The Morgan fingerprint density at radius 2 is 2.00 bits per heavy atom. The highest BCUT2D eigenvalue weighted by molar-refractivity contribution is 6.32. The van der Waals surface area contributed by atoms with Crippen LogP contribution in [0.15, 0.2) is 12.1 Å².